The van der Waals surface area contributed by atoms with Gasteiger partial charge in [0.15, 0.2) is 0 Å². The molecule has 0 bridgehead atoms. The van der Waals surface area contributed by atoms with Gasteiger partial charge in [-0.15, -0.1) is 11.3 Å². The Morgan fingerprint density at radius 2 is 2.39 bits per heavy atom. The second-order valence-electron chi connectivity index (χ2n) is 3.92. The molecule has 0 saturated carbocycles. The number of nitrogens with one attached hydrogen (secondary N) is 1. The van der Waals surface area contributed by atoms with Crippen LogP contribution in [-0.4, -0.2) is 28.9 Å². The lowest BCUT2D eigenvalue weighted by Gasteiger charge is -2.16. The average molecular weight is 266 g/mol. The first-order valence-electron chi connectivity index (χ1n) is 5.98. The van der Waals surface area contributed by atoms with Crippen LogP contribution in [-0.2, 0) is 6.54 Å². The Balaban J connectivity index is 2.36. The Bertz CT molecular complexity index is 494. The van der Waals surface area contributed by atoms with Crippen molar-refractivity contribution in [2.75, 3.05) is 14.2 Å². The Morgan fingerprint density at radius 3 is 3.06 bits per heavy atom. The molecule has 0 spiro atoms. The highest BCUT2D eigenvalue weighted by atomic mass is 32.1. The van der Waals surface area contributed by atoms with Crippen LogP contribution in [0.1, 0.15) is 30.1 Å². The van der Waals surface area contributed by atoms with Gasteiger partial charge in [-0.1, -0.05) is 6.92 Å². The van der Waals surface area contributed by atoms with Crippen LogP contribution in [0, 0.1) is 0 Å². The molecule has 0 radical (unpaired) electrons. The van der Waals surface area contributed by atoms with Crippen LogP contribution in [0.25, 0.3) is 0 Å². The van der Waals surface area contributed by atoms with Crippen molar-refractivity contribution in [3.05, 3.63) is 28.5 Å². The molecule has 98 valence electrons. The van der Waals surface area contributed by atoms with Gasteiger partial charge < -0.3 is 10.1 Å². The van der Waals surface area contributed by atoms with Gasteiger partial charge in [0.2, 0.25) is 0 Å². The van der Waals surface area contributed by atoms with Gasteiger partial charge in [0.25, 0.3) is 0 Å². The van der Waals surface area contributed by atoms with E-state index in [1.165, 1.54) is 0 Å². The number of thiophene rings is 1. The average Bonchev–Trinajstić information content (AvgIpc) is 3.01. The number of rotatable bonds is 6. The number of ether oxygens (including phenoxy) is 1. The Labute approximate surface area is 111 Å². The second-order valence-corrected chi connectivity index (χ2v) is 4.86. The van der Waals surface area contributed by atoms with E-state index in [0.29, 0.717) is 0 Å². The summed E-state index contributed by atoms with van der Waals surface area (Å²) in [6.45, 7) is 3.01. The molecule has 0 saturated heterocycles. The number of aromatic nitrogens is 3. The summed E-state index contributed by atoms with van der Waals surface area (Å²) in [5.74, 6) is 1.82. The fraction of sp³-hybridized carbons (Fsp3) is 0.500. The number of methoxy groups -OCH3 is 1. The fourth-order valence-corrected chi connectivity index (χ4v) is 2.91. The number of nitrogens with zero attached hydrogens (tertiary/aromatic N) is 3. The van der Waals surface area contributed by atoms with Crippen molar-refractivity contribution >= 4 is 11.3 Å². The minimum atomic E-state index is 0.0222. The fourth-order valence-electron chi connectivity index (χ4n) is 1.95. The van der Waals surface area contributed by atoms with Gasteiger partial charge in [-0.3, -0.25) is 0 Å². The monoisotopic (exact) mass is 266 g/mol. The molecule has 5 nitrogen and oxygen atoms in total. The van der Waals surface area contributed by atoms with E-state index in [-0.39, 0.29) is 6.04 Å². The first-order valence-corrected chi connectivity index (χ1v) is 6.86. The highest BCUT2D eigenvalue weighted by molar-refractivity contribution is 7.10. The van der Waals surface area contributed by atoms with Crippen molar-refractivity contribution in [1.82, 2.24) is 20.1 Å². The number of hydrogen-bond donors (Lipinski definition) is 1. The summed E-state index contributed by atoms with van der Waals surface area (Å²) in [7, 11) is 3.61. The lowest BCUT2D eigenvalue weighted by atomic mass is 10.2. The minimum absolute atomic E-state index is 0.0222. The standard InChI is InChI=1S/C12H18N4OS/c1-4-6-16-12(14-8-15-16)10(13-2)11-9(17-3)5-7-18-11/h5,7-8,10,13H,4,6H2,1-3H3. The molecule has 0 aliphatic heterocycles. The predicted octanol–water partition coefficient (Wildman–Crippen LogP) is 2.07. The molecule has 18 heavy (non-hydrogen) atoms. The minimum Gasteiger partial charge on any atom is -0.496 e. The maximum absolute atomic E-state index is 5.38. The summed E-state index contributed by atoms with van der Waals surface area (Å²) in [5, 5.41) is 9.58. The zero-order valence-electron chi connectivity index (χ0n) is 10.9. The lowest BCUT2D eigenvalue weighted by molar-refractivity contribution is 0.406. The molecule has 0 aliphatic rings. The van der Waals surface area contributed by atoms with E-state index in [2.05, 4.69) is 22.3 Å². The van der Waals surface area contributed by atoms with E-state index >= 15 is 0 Å². The van der Waals surface area contributed by atoms with Crippen molar-refractivity contribution in [3.8, 4) is 5.75 Å². The zero-order valence-corrected chi connectivity index (χ0v) is 11.7. The molecule has 2 aromatic heterocycles. The topological polar surface area (TPSA) is 52.0 Å². The first-order chi connectivity index (χ1) is 8.81. The van der Waals surface area contributed by atoms with Gasteiger partial charge in [0, 0.05) is 6.54 Å². The van der Waals surface area contributed by atoms with Gasteiger partial charge >= 0.3 is 0 Å². The quantitative estimate of drug-likeness (QED) is 0.869. The molecule has 1 unspecified atom stereocenters. The van der Waals surface area contributed by atoms with E-state index in [1.807, 2.05) is 23.2 Å². The second kappa shape index (κ2) is 5.97. The molecule has 1 N–H and O–H groups in total. The molecular weight excluding hydrogens is 248 g/mol. The normalized spacial score (nSPS) is 12.6. The molecule has 2 aromatic rings. The molecule has 1 atom stereocenters. The maximum atomic E-state index is 5.38. The summed E-state index contributed by atoms with van der Waals surface area (Å²) in [4.78, 5) is 5.51. The van der Waals surface area contributed by atoms with Crippen LogP contribution in [0.5, 0.6) is 5.75 Å². The van der Waals surface area contributed by atoms with Crippen LogP contribution >= 0.6 is 11.3 Å². The Hall–Kier alpha value is -1.40. The van der Waals surface area contributed by atoms with E-state index < -0.39 is 0 Å². The molecular formula is C12H18N4OS. The van der Waals surface area contributed by atoms with Crippen LogP contribution in [0.15, 0.2) is 17.8 Å². The van der Waals surface area contributed by atoms with Gasteiger partial charge in [-0.2, -0.15) is 5.10 Å². The number of hydrogen-bond acceptors (Lipinski definition) is 5. The molecule has 0 aromatic carbocycles. The lowest BCUT2D eigenvalue weighted by Crippen LogP contribution is -2.22. The van der Waals surface area contributed by atoms with Crippen molar-refractivity contribution in [2.45, 2.75) is 25.9 Å². The first kappa shape index (κ1) is 13.0. The van der Waals surface area contributed by atoms with Crippen molar-refractivity contribution < 1.29 is 4.74 Å². The maximum Gasteiger partial charge on any atom is 0.149 e. The van der Waals surface area contributed by atoms with Crippen molar-refractivity contribution in [1.29, 1.82) is 0 Å². The van der Waals surface area contributed by atoms with Gasteiger partial charge in [0.05, 0.1) is 12.0 Å². The molecule has 6 heteroatoms. The molecule has 0 amide bonds. The Morgan fingerprint density at radius 1 is 1.56 bits per heavy atom. The SMILES string of the molecule is CCCn1ncnc1C(NC)c1sccc1OC. The van der Waals surface area contributed by atoms with Crippen LogP contribution < -0.4 is 10.1 Å². The van der Waals surface area contributed by atoms with E-state index in [0.717, 1.165) is 29.4 Å². The van der Waals surface area contributed by atoms with Crippen LogP contribution in [0.3, 0.4) is 0 Å². The third kappa shape index (κ3) is 2.39. The number of aryl methyl sites for hydroxylation is 1. The van der Waals surface area contributed by atoms with Crippen LogP contribution in [0.4, 0.5) is 0 Å². The summed E-state index contributed by atoms with van der Waals surface area (Å²) in [6, 6.07) is 2.00. The van der Waals surface area contributed by atoms with Crippen molar-refractivity contribution in [2.24, 2.45) is 0 Å². The van der Waals surface area contributed by atoms with E-state index in [4.69, 9.17) is 4.74 Å². The molecule has 0 aliphatic carbocycles. The predicted molar refractivity (Wildman–Crippen MR) is 72.1 cm³/mol. The Kier molecular flexibility index (Phi) is 4.33. The summed E-state index contributed by atoms with van der Waals surface area (Å²) >= 11 is 1.66. The summed E-state index contributed by atoms with van der Waals surface area (Å²) < 4.78 is 7.32. The van der Waals surface area contributed by atoms with Gasteiger partial charge in [-0.25, -0.2) is 9.67 Å². The van der Waals surface area contributed by atoms with Gasteiger partial charge in [0.1, 0.15) is 23.9 Å². The highest BCUT2D eigenvalue weighted by Crippen LogP contribution is 2.33. The van der Waals surface area contributed by atoms with Crippen LogP contribution in [0.2, 0.25) is 0 Å². The zero-order chi connectivity index (χ0) is 13.0. The molecule has 2 heterocycles. The summed E-state index contributed by atoms with van der Waals surface area (Å²) in [6.07, 6.45) is 2.64. The third-order valence-corrected chi connectivity index (χ3v) is 3.73. The van der Waals surface area contributed by atoms with Crippen molar-refractivity contribution in [3.63, 3.8) is 0 Å². The van der Waals surface area contributed by atoms with Gasteiger partial charge in [-0.05, 0) is 24.9 Å². The third-order valence-electron chi connectivity index (χ3n) is 2.77. The summed E-state index contributed by atoms with van der Waals surface area (Å²) in [5.41, 5.74) is 0. The molecule has 2 rings (SSSR count). The smallest absolute Gasteiger partial charge is 0.149 e. The molecule has 0 fully saturated rings. The highest BCUT2D eigenvalue weighted by Gasteiger charge is 2.22. The largest absolute Gasteiger partial charge is 0.496 e. The van der Waals surface area contributed by atoms with E-state index in [1.54, 1.807) is 24.8 Å². The van der Waals surface area contributed by atoms with E-state index in [9.17, 15) is 0 Å².